The van der Waals surface area contributed by atoms with Gasteiger partial charge in [-0.25, -0.2) is 0 Å². The van der Waals surface area contributed by atoms with Crippen molar-refractivity contribution in [3.63, 3.8) is 0 Å². The van der Waals surface area contributed by atoms with Gasteiger partial charge in [-0.3, -0.25) is 0 Å². The first-order chi connectivity index (χ1) is 6.49. The van der Waals surface area contributed by atoms with Gasteiger partial charge in [-0.15, -0.1) is 0 Å². The van der Waals surface area contributed by atoms with Crippen molar-refractivity contribution >= 4 is 24.6 Å². The van der Waals surface area contributed by atoms with Crippen LogP contribution in [0.1, 0.15) is 10.4 Å². The molecule has 14 heavy (non-hydrogen) atoms. The molecule has 76 valence electrons. The molecule has 0 amide bonds. The fourth-order valence-corrected chi connectivity index (χ4v) is 2.60. The molecule has 1 aromatic carbocycles. The number of Topliss-reactive ketones (excluding diaryl/α,β-unsaturated/α-hetero) is 1. The Kier molecular flexibility index (Phi) is 4.13. The van der Waals surface area contributed by atoms with Crippen LogP contribution < -0.4 is 0 Å². The van der Waals surface area contributed by atoms with Crippen molar-refractivity contribution in [1.29, 1.82) is 0 Å². The third kappa shape index (κ3) is 4.24. The average molecular weight is 299 g/mol. The molecule has 1 rings (SSSR count). The van der Waals surface area contributed by atoms with Gasteiger partial charge in [0.1, 0.15) is 0 Å². The van der Waals surface area contributed by atoms with Gasteiger partial charge in [-0.2, -0.15) is 0 Å². The van der Waals surface area contributed by atoms with Crippen LogP contribution in [0, 0.1) is 0 Å². The van der Waals surface area contributed by atoms with Crippen LogP contribution in [0.5, 0.6) is 0 Å². The van der Waals surface area contributed by atoms with E-state index in [2.05, 4.69) is 14.8 Å². The van der Waals surface area contributed by atoms with E-state index in [-0.39, 0.29) is 12.4 Å². The van der Waals surface area contributed by atoms with Crippen LogP contribution in [0.3, 0.4) is 0 Å². The Bertz CT molecular complexity index is 301. The standard InChI is InChI=1S/C8H7O2.3CH3.Sn/c9-6-8(10)7-4-2-1-3-5-7;;;;/h1-5H,6H2;3*1H3;/q-1;;;;+1. The fourth-order valence-electron chi connectivity index (χ4n) is 0.989. The predicted molar refractivity (Wildman–Crippen MR) is 60.1 cm³/mol. The Morgan fingerprint density at radius 2 is 1.79 bits per heavy atom. The number of hydrogen-bond acceptors (Lipinski definition) is 2. The van der Waals surface area contributed by atoms with E-state index < -0.39 is 18.8 Å². The van der Waals surface area contributed by atoms with Crippen molar-refractivity contribution in [2.24, 2.45) is 0 Å². The zero-order chi connectivity index (χ0) is 10.6. The summed E-state index contributed by atoms with van der Waals surface area (Å²) in [6.45, 7) is 0.240. The normalized spacial score (nSPS) is 11.4. The molecule has 2 nitrogen and oxygen atoms in total. The second kappa shape index (κ2) is 4.94. The molecule has 1 aromatic rings. The van der Waals surface area contributed by atoms with Crippen LogP contribution in [0.15, 0.2) is 30.3 Å². The number of hydrogen-bond donors (Lipinski definition) is 0. The van der Waals surface area contributed by atoms with Gasteiger partial charge >= 0.3 is 89.8 Å². The molecule has 0 saturated heterocycles. The molecule has 0 aliphatic rings. The summed E-state index contributed by atoms with van der Waals surface area (Å²) in [5, 5.41) is 0. The van der Waals surface area contributed by atoms with Crippen LogP contribution in [0.25, 0.3) is 0 Å². The quantitative estimate of drug-likeness (QED) is 0.631. The fraction of sp³-hybridized carbons (Fsp3) is 0.364. The van der Waals surface area contributed by atoms with Gasteiger partial charge in [0.25, 0.3) is 0 Å². The average Bonchev–Trinajstić information content (AvgIpc) is 2.14. The summed E-state index contributed by atoms with van der Waals surface area (Å²) in [5.41, 5.74) is 0.739. The maximum atomic E-state index is 11.6. The third-order valence-corrected chi connectivity index (χ3v) is 4.62. The van der Waals surface area contributed by atoms with E-state index in [1.54, 1.807) is 0 Å². The SMILES string of the molecule is [CH3][Sn]([CH3])([CH3])[O]CC(=O)c1ccccc1. The Morgan fingerprint density at radius 1 is 1.21 bits per heavy atom. The number of benzene rings is 1. The van der Waals surface area contributed by atoms with Gasteiger partial charge in [0, 0.05) is 0 Å². The first-order valence-electron chi connectivity index (χ1n) is 4.71. The Hall–Kier alpha value is -0.351. The first-order valence-corrected chi connectivity index (χ1v) is 14.4. The molecule has 0 spiro atoms. The molecule has 0 aliphatic carbocycles. The topological polar surface area (TPSA) is 26.3 Å². The van der Waals surface area contributed by atoms with E-state index in [9.17, 15) is 4.79 Å². The zero-order valence-electron chi connectivity index (χ0n) is 8.91. The van der Waals surface area contributed by atoms with Gasteiger partial charge in [-0.1, -0.05) is 0 Å². The molecule has 0 atom stereocenters. The monoisotopic (exact) mass is 300 g/mol. The van der Waals surface area contributed by atoms with E-state index in [0.29, 0.717) is 0 Å². The molecule has 0 aliphatic heterocycles. The predicted octanol–water partition coefficient (Wildman–Crippen LogP) is 2.72. The Morgan fingerprint density at radius 3 is 2.29 bits per heavy atom. The summed E-state index contributed by atoms with van der Waals surface area (Å²) < 4.78 is 5.61. The van der Waals surface area contributed by atoms with Crippen LogP contribution >= 0.6 is 0 Å². The van der Waals surface area contributed by atoms with E-state index in [0.717, 1.165) is 5.56 Å². The molecule has 0 radical (unpaired) electrons. The molecule has 0 bridgehead atoms. The maximum absolute atomic E-state index is 11.6. The number of rotatable bonds is 4. The van der Waals surface area contributed by atoms with E-state index in [4.69, 9.17) is 3.07 Å². The minimum absolute atomic E-state index is 0.0808. The molecule has 3 heteroatoms. The van der Waals surface area contributed by atoms with Gasteiger partial charge in [0.05, 0.1) is 0 Å². The van der Waals surface area contributed by atoms with Crippen LogP contribution in [0.4, 0.5) is 0 Å². The molecule has 0 saturated carbocycles. The van der Waals surface area contributed by atoms with Crippen molar-refractivity contribution in [3.8, 4) is 0 Å². The zero-order valence-corrected chi connectivity index (χ0v) is 11.8. The molecule has 0 unspecified atom stereocenters. The third-order valence-electron chi connectivity index (χ3n) is 1.73. The number of carbonyl (C=O) groups is 1. The minimum atomic E-state index is -2.25. The van der Waals surface area contributed by atoms with Crippen molar-refractivity contribution in [1.82, 2.24) is 0 Å². The van der Waals surface area contributed by atoms with Crippen molar-refractivity contribution in [2.75, 3.05) is 6.61 Å². The Balaban J connectivity index is 2.52. The second-order valence-electron chi connectivity index (χ2n) is 4.19. The summed E-state index contributed by atoms with van der Waals surface area (Å²) in [6.07, 6.45) is 0. The van der Waals surface area contributed by atoms with Gasteiger partial charge < -0.3 is 0 Å². The number of ketones is 1. The second-order valence-corrected chi connectivity index (χ2v) is 17.1. The first kappa shape index (κ1) is 11.7. The van der Waals surface area contributed by atoms with E-state index >= 15 is 0 Å². The summed E-state index contributed by atoms with van der Waals surface area (Å²) in [6, 6.07) is 9.29. The molecule has 0 fully saturated rings. The van der Waals surface area contributed by atoms with Crippen LogP contribution in [0.2, 0.25) is 14.8 Å². The van der Waals surface area contributed by atoms with Crippen molar-refractivity contribution in [2.45, 2.75) is 14.8 Å². The molecular weight excluding hydrogens is 283 g/mol. The van der Waals surface area contributed by atoms with Crippen molar-refractivity contribution in [3.05, 3.63) is 35.9 Å². The number of carbonyl (C=O) groups excluding carboxylic acids is 1. The van der Waals surface area contributed by atoms with Crippen molar-refractivity contribution < 1.29 is 7.87 Å². The van der Waals surface area contributed by atoms with Crippen LogP contribution in [-0.2, 0) is 3.07 Å². The van der Waals surface area contributed by atoms with Gasteiger partial charge in [-0.05, 0) is 0 Å². The van der Waals surface area contributed by atoms with E-state index in [1.807, 2.05) is 30.3 Å². The summed E-state index contributed by atoms with van der Waals surface area (Å²) in [5.74, 6) is 0.0808. The molecule has 0 heterocycles. The molecule has 0 aromatic heterocycles. The van der Waals surface area contributed by atoms with Gasteiger partial charge in [0.15, 0.2) is 0 Å². The van der Waals surface area contributed by atoms with Crippen LogP contribution in [-0.4, -0.2) is 31.2 Å². The molecular formula is C11H16O2Sn. The summed E-state index contributed by atoms with van der Waals surface area (Å²) >= 11 is -2.25. The summed E-state index contributed by atoms with van der Waals surface area (Å²) in [7, 11) is 0. The Labute approximate surface area is 89.7 Å². The summed E-state index contributed by atoms with van der Waals surface area (Å²) in [4.78, 5) is 18.0. The van der Waals surface area contributed by atoms with E-state index in [1.165, 1.54) is 0 Å². The van der Waals surface area contributed by atoms with Gasteiger partial charge in [0.2, 0.25) is 0 Å². The molecule has 0 N–H and O–H groups in total.